The number of nitrogen functional groups attached to an aromatic ring is 1. The zero-order chi connectivity index (χ0) is 13.9. The van der Waals surface area contributed by atoms with Crippen LogP contribution >= 0.6 is 0 Å². The fraction of sp³-hybridized carbons (Fsp3) is 0.0667. The topological polar surface area (TPSA) is 77.0 Å². The first-order chi connectivity index (χ1) is 9.78. The molecule has 0 saturated heterocycles. The van der Waals surface area contributed by atoms with Crippen molar-refractivity contribution >= 4 is 5.82 Å². The first-order valence-corrected chi connectivity index (χ1v) is 6.23. The van der Waals surface area contributed by atoms with Crippen LogP contribution in [0, 0.1) is 6.92 Å². The summed E-state index contributed by atoms with van der Waals surface area (Å²) < 4.78 is 5.45. The number of hydrogen-bond donors (Lipinski definition) is 2. The van der Waals surface area contributed by atoms with Crippen LogP contribution in [-0.4, -0.2) is 9.97 Å². The summed E-state index contributed by atoms with van der Waals surface area (Å²) in [6.45, 7) is 1.95. The van der Waals surface area contributed by atoms with Crippen molar-refractivity contribution in [2.45, 2.75) is 6.92 Å². The average Bonchev–Trinajstić information content (AvgIpc) is 2.94. The number of furan rings is 1. The van der Waals surface area contributed by atoms with Gasteiger partial charge < -0.3 is 9.84 Å². The van der Waals surface area contributed by atoms with Gasteiger partial charge in [0.05, 0.1) is 12.0 Å². The van der Waals surface area contributed by atoms with Gasteiger partial charge in [-0.1, -0.05) is 30.3 Å². The quantitative estimate of drug-likeness (QED) is 0.563. The van der Waals surface area contributed by atoms with Crippen LogP contribution in [0.4, 0.5) is 5.82 Å². The van der Waals surface area contributed by atoms with Crippen molar-refractivity contribution in [3.63, 3.8) is 0 Å². The third-order valence-electron chi connectivity index (χ3n) is 3.01. The SMILES string of the molecule is Cc1ccoc1-c1nc(NN)cc(-c2ccccc2)n1. The first-order valence-electron chi connectivity index (χ1n) is 6.23. The lowest BCUT2D eigenvalue weighted by molar-refractivity contribution is 0.576. The smallest absolute Gasteiger partial charge is 0.198 e. The maximum atomic E-state index is 5.49. The minimum absolute atomic E-state index is 0.516. The Morgan fingerprint density at radius 2 is 1.90 bits per heavy atom. The lowest BCUT2D eigenvalue weighted by atomic mass is 10.1. The van der Waals surface area contributed by atoms with Gasteiger partial charge in [-0.05, 0) is 18.6 Å². The summed E-state index contributed by atoms with van der Waals surface area (Å²) in [5.74, 6) is 7.20. The summed E-state index contributed by atoms with van der Waals surface area (Å²) in [4.78, 5) is 8.89. The maximum Gasteiger partial charge on any atom is 0.198 e. The number of rotatable bonds is 3. The van der Waals surface area contributed by atoms with E-state index in [1.807, 2.05) is 43.3 Å². The summed E-state index contributed by atoms with van der Waals surface area (Å²) in [5, 5.41) is 0. The van der Waals surface area contributed by atoms with Crippen molar-refractivity contribution in [2.24, 2.45) is 5.84 Å². The zero-order valence-corrected chi connectivity index (χ0v) is 11.0. The van der Waals surface area contributed by atoms with Gasteiger partial charge in [0.15, 0.2) is 11.6 Å². The summed E-state index contributed by atoms with van der Waals surface area (Å²) in [6.07, 6.45) is 1.62. The van der Waals surface area contributed by atoms with Crippen LogP contribution in [0.3, 0.4) is 0 Å². The Labute approximate surface area is 116 Å². The lowest BCUT2D eigenvalue weighted by Crippen LogP contribution is -2.10. The van der Waals surface area contributed by atoms with Gasteiger partial charge in [-0.15, -0.1) is 0 Å². The molecule has 0 saturated carbocycles. The van der Waals surface area contributed by atoms with Gasteiger partial charge in [-0.25, -0.2) is 15.8 Å². The van der Waals surface area contributed by atoms with Crippen molar-refractivity contribution in [1.82, 2.24) is 9.97 Å². The van der Waals surface area contributed by atoms with E-state index in [9.17, 15) is 0 Å². The number of aromatic nitrogens is 2. The number of benzene rings is 1. The molecule has 0 amide bonds. The largest absolute Gasteiger partial charge is 0.461 e. The van der Waals surface area contributed by atoms with Gasteiger partial charge in [0.1, 0.15) is 5.82 Å². The molecule has 2 aromatic heterocycles. The molecule has 0 radical (unpaired) electrons. The monoisotopic (exact) mass is 266 g/mol. The molecule has 0 spiro atoms. The van der Waals surface area contributed by atoms with Crippen LogP contribution in [0.25, 0.3) is 22.8 Å². The molecule has 0 aliphatic heterocycles. The molecule has 0 fully saturated rings. The number of nitrogens with one attached hydrogen (secondary N) is 1. The van der Waals surface area contributed by atoms with Gasteiger partial charge in [-0.3, -0.25) is 0 Å². The Bertz CT molecular complexity index is 722. The van der Waals surface area contributed by atoms with Gasteiger partial charge >= 0.3 is 0 Å². The second-order valence-electron chi connectivity index (χ2n) is 4.41. The lowest BCUT2D eigenvalue weighted by Gasteiger charge is -2.07. The predicted octanol–water partition coefficient (Wildman–Crippen LogP) is 3.00. The highest BCUT2D eigenvalue weighted by atomic mass is 16.3. The maximum absolute atomic E-state index is 5.49. The summed E-state index contributed by atoms with van der Waals surface area (Å²) in [5.41, 5.74) is 5.34. The molecular formula is C15H14N4O. The molecule has 5 heteroatoms. The molecule has 0 atom stereocenters. The fourth-order valence-corrected chi connectivity index (χ4v) is 1.98. The number of nitrogens with zero attached hydrogens (tertiary/aromatic N) is 2. The van der Waals surface area contributed by atoms with E-state index in [0.29, 0.717) is 17.4 Å². The van der Waals surface area contributed by atoms with Crippen LogP contribution in [0.2, 0.25) is 0 Å². The Hall–Kier alpha value is -2.66. The molecule has 3 N–H and O–H groups in total. The zero-order valence-electron chi connectivity index (χ0n) is 11.0. The second-order valence-corrected chi connectivity index (χ2v) is 4.41. The van der Waals surface area contributed by atoms with Crippen LogP contribution in [0.5, 0.6) is 0 Å². The van der Waals surface area contributed by atoms with Crippen LogP contribution in [0.1, 0.15) is 5.56 Å². The normalized spacial score (nSPS) is 10.5. The van der Waals surface area contributed by atoms with E-state index in [2.05, 4.69) is 15.4 Å². The molecule has 0 aliphatic rings. The summed E-state index contributed by atoms with van der Waals surface area (Å²) in [7, 11) is 0. The third-order valence-corrected chi connectivity index (χ3v) is 3.01. The Morgan fingerprint density at radius 3 is 2.55 bits per heavy atom. The molecule has 0 aliphatic carbocycles. The van der Waals surface area contributed by atoms with E-state index in [4.69, 9.17) is 10.3 Å². The standard InChI is InChI=1S/C15H14N4O/c1-10-7-8-20-14(10)15-17-12(9-13(18-15)19-16)11-5-3-2-4-6-11/h2-9H,16H2,1H3,(H,17,18,19). The van der Waals surface area contributed by atoms with E-state index >= 15 is 0 Å². The number of nitrogens with two attached hydrogens (primary N) is 1. The Morgan fingerprint density at radius 1 is 1.10 bits per heavy atom. The fourth-order valence-electron chi connectivity index (χ4n) is 1.98. The van der Waals surface area contributed by atoms with E-state index < -0.39 is 0 Å². The third kappa shape index (κ3) is 2.26. The molecule has 3 aromatic rings. The molecule has 1 aromatic carbocycles. The number of aryl methyl sites for hydroxylation is 1. The van der Waals surface area contributed by atoms with E-state index in [0.717, 1.165) is 16.8 Å². The highest BCUT2D eigenvalue weighted by Gasteiger charge is 2.12. The van der Waals surface area contributed by atoms with Crippen molar-refractivity contribution in [3.05, 3.63) is 54.3 Å². The van der Waals surface area contributed by atoms with Crippen molar-refractivity contribution in [2.75, 3.05) is 5.43 Å². The Kier molecular flexibility index (Phi) is 3.18. The van der Waals surface area contributed by atoms with Crippen molar-refractivity contribution < 1.29 is 4.42 Å². The predicted molar refractivity (Wildman–Crippen MR) is 77.7 cm³/mol. The molecule has 3 rings (SSSR count). The minimum atomic E-state index is 0.516. The summed E-state index contributed by atoms with van der Waals surface area (Å²) in [6, 6.07) is 13.5. The van der Waals surface area contributed by atoms with E-state index in [1.165, 1.54) is 0 Å². The van der Waals surface area contributed by atoms with Crippen molar-refractivity contribution in [3.8, 4) is 22.8 Å². The first kappa shape index (κ1) is 12.4. The molecule has 5 nitrogen and oxygen atoms in total. The molecular weight excluding hydrogens is 252 g/mol. The molecule has 0 bridgehead atoms. The van der Waals surface area contributed by atoms with E-state index in [-0.39, 0.29) is 0 Å². The van der Waals surface area contributed by atoms with Gasteiger partial charge in [0.25, 0.3) is 0 Å². The highest BCUT2D eigenvalue weighted by molar-refractivity contribution is 5.66. The number of anilines is 1. The minimum Gasteiger partial charge on any atom is -0.461 e. The molecule has 0 unspecified atom stereocenters. The van der Waals surface area contributed by atoms with Crippen LogP contribution < -0.4 is 11.3 Å². The summed E-state index contributed by atoms with van der Waals surface area (Å²) >= 11 is 0. The van der Waals surface area contributed by atoms with Gasteiger partial charge in [-0.2, -0.15) is 0 Å². The molecule has 2 heterocycles. The highest BCUT2D eigenvalue weighted by Crippen LogP contribution is 2.26. The second kappa shape index (κ2) is 5.14. The van der Waals surface area contributed by atoms with Crippen molar-refractivity contribution in [1.29, 1.82) is 0 Å². The Balaban J connectivity index is 2.15. The van der Waals surface area contributed by atoms with Crippen LogP contribution in [-0.2, 0) is 0 Å². The average molecular weight is 266 g/mol. The molecule has 100 valence electrons. The molecule has 20 heavy (non-hydrogen) atoms. The van der Waals surface area contributed by atoms with Gasteiger partial charge in [0, 0.05) is 11.6 Å². The number of hydrazine groups is 1. The van der Waals surface area contributed by atoms with Gasteiger partial charge in [0.2, 0.25) is 0 Å². The van der Waals surface area contributed by atoms with Crippen LogP contribution in [0.15, 0.2) is 53.1 Å². The van der Waals surface area contributed by atoms with E-state index in [1.54, 1.807) is 12.3 Å². The number of hydrogen-bond acceptors (Lipinski definition) is 5.